The molecule has 4 nitrogen and oxygen atoms in total. The highest BCUT2D eigenvalue weighted by atomic mass is 16.3. The molecule has 0 aromatic heterocycles. The van der Waals surface area contributed by atoms with Crippen LogP contribution in [0.5, 0.6) is 5.75 Å². The van der Waals surface area contributed by atoms with E-state index in [1.165, 1.54) is 0 Å². The van der Waals surface area contributed by atoms with Crippen LogP contribution in [0.2, 0.25) is 0 Å². The lowest BCUT2D eigenvalue weighted by Gasteiger charge is -2.15. The van der Waals surface area contributed by atoms with Crippen LogP contribution in [-0.2, 0) is 0 Å². The fourth-order valence-corrected chi connectivity index (χ4v) is 1.44. The number of hydrogen-bond acceptors (Lipinski definition) is 4. The first-order chi connectivity index (χ1) is 8.18. The van der Waals surface area contributed by atoms with Crippen molar-refractivity contribution in [1.82, 2.24) is 0 Å². The van der Waals surface area contributed by atoms with E-state index in [-0.39, 0.29) is 5.75 Å². The van der Waals surface area contributed by atoms with Gasteiger partial charge in [0, 0.05) is 0 Å². The van der Waals surface area contributed by atoms with Crippen LogP contribution >= 0.6 is 0 Å². The molecule has 17 heavy (non-hydrogen) atoms. The van der Waals surface area contributed by atoms with Crippen LogP contribution in [-0.4, -0.2) is 10.8 Å². The normalized spacial score (nSPS) is 16.5. The summed E-state index contributed by atoms with van der Waals surface area (Å²) in [6.45, 7) is 3.85. The lowest BCUT2D eigenvalue weighted by atomic mass is 10.1. The number of benzene rings is 1. The van der Waals surface area contributed by atoms with Gasteiger partial charge in [0.1, 0.15) is 11.4 Å². The summed E-state index contributed by atoms with van der Waals surface area (Å²) in [5.41, 5.74) is 1.88. The number of nitrogens with two attached hydrogens (primary N) is 1. The molecule has 0 unspecified atom stereocenters. The van der Waals surface area contributed by atoms with Gasteiger partial charge in [-0.05, 0) is 23.8 Å². The third kappa shape index (κ3) is 2.43. The van der Waals surface area contributed by atoms with Gasteiger partial charge >= 0.3 is 0 Å². The smallest absolute Gasteiger partial charge is 0.142 e. The third-order valence-electron chi connectivity index (χ3n) is 2.34. The number of nitrogens with zero attached hydrogens (tertiary/aromatic N) is 2. The number of rotatable bonds is 2. The van der Waals surface area contributed by atoms with E-state index in [1.54, 1.807) is 24.3 Å². The van der Waals surface area contributed by atoms with Crippen LogP contribution < -0.4 is 11.0 Å². The maximum Gasteiger partial charge on any atom is 0.142 e. The number of hydrazone groups is 1. The number of phenols is 1. The molecule has 1 aliphatic carbocycles. The lowest BCUT2D eigenvalue weighted by Crippen LogP contribution is -2.26. The fraction of sp³-hybridized carbons (Fsp3) is 0. The first-order valence-corrected chi connectivity index (χ1v) is 5.14. The molecule has 0 bridgehead atoms. The molecule has 0 amide bonds. The average Bonchev–Trinajstić information content (AvgIpc) is 2.32. The molecule has 0 aliphatic heterocycles. The Hall–Kier alpha value is -2.33. The summed E-state index contributed by atoms with van der Waals surface area (Å²) in [6.07, 6.45) is 7.38. The van der Waals surface area contributed by atoms with Gasteiger partial charge in [-0.25, -0.2) is 5.84 Å². The molecule has 1 aliphatic rings. The van der Waals surface area contributed by atoms with E-state index in [1.807, 2.05) is 24.3 Å². The average molecular weight is 227 g/mol. The minimum absolute atomic E-state index is 0.0836. The topological polar surface area (TPSA) is 61.8 Å². The van der Waals surface area contributed by atoms with E-state index in [0.717, 1.165) is 10.7 Å². The summed E-state index contributed by atoms with van der Waals surface area (Å²) < 4.78 is 0. The van der Waals surface area contributed by atoms with Crippen molar-refractivity contribution in [2.45, 2.75) is 0 Å². The molecule has 2 rings (SSSR count). The Bertz CT molecular complexity index is 529. The summed E-state index contributed by atoms with van der Waals surface area (Å²) in [5.74, 6) is 5.86. The maximum atomic E-state index is 9.63. The first kappa shape index (κ1) is 11.2. The molecule has 86 valence electrons. The minimum Gasteiger partial charge on any atom is -0.506 e. The second-order valence-corrected chi connectivity index (χ2v) is 3.56. The van der Waals surface area contributed by atoms with Gasteiger partial charge in [-0.1, -0.05) is 36.9 Å². The quantitative estimate of drug-likeness (QED) is 0.601. The predicted molar refractivity (Wildman–Crippen MR) is 69.6 cm³/mol. The highest BCUT2D eigenvalue weighted by Crippen LogP contribution is 2.24. The van der Waals surface area contributed by atoms with E-state index < -0.39 is 0 Å². The largest absolute Gasteiger partial charge is 0.506 e. The summed E-state index contributed by atoms with van der Waals surface area (Å²) >= 11 is 0. The van der Waals surface area contributed by atoms with Gasteiger partial charge in [0.25, 0.3) is 0 Å². The van der Waals surface area contributed by atoms with E-state index in [2.05, 4.69) is 11.7 Å². The maximum absolute atomic E-state index is 9.63. The number of phenolic OH excluding ortho intramolecular Hbond substituents is 1. The predicted octanol–water partition coefficient (Wildman–Crippen LogP) is 2.11. The number of hydrogen-bond donors (Lipinski definition) is 2. The van der Waals surface area contributed by atoms with Crippen LogP contribution in [0.25, 0.3) is 0 Å². The Labute approximate surface area is 99.6 Å². The number of aromatic hydroxyl groups is 1. The molecule has 0 radical (unpaired) electrons. The molecule has 0 spiro atoms. The van der Waals surface area contributed by atoms with E-state index >= 15 is 0 Å². The van der Waals surface area contributed by atoms with Crippen LogP contribution in [0.3, 0.4) is 0 Å². The molecule has 3 N–H and O–H groups in total. The van der Waals surface area contributed by atoms with Crippen LogP contribution in [0.15, 0.2) is 65.8 Å². The monoisotopic (exact) mass is 227 g/mol. The molecular formula is C13H13N3O. The van der Waals surface area contributed by atoms with Crippen LogP contribution in [0.4, 0.5) is 5.69 Å². The third-order valence-corrected chi connectivity index (χ3v) is 2.34. The van der Waals surface area contributed by atoms with Crippen molar-refractivity contribution in [3.8, 4) is 5.75 Å². The SMILES string of the molecule is C=C1C=CC=C/C1=N/N(N)c1ccccc1O. The van der Waals surface area contributed by atoms with Crippen LogP contribution in [0.1, 0.15) is 0 Å². The summed E-state index contributed by atoms with van der Waals surface area (Å²) in [6, 6.07) is 6.74. The van der Waals surface area contributed by atoms with Gasteiger partial charge < -0.3 is 5.11 Å². The van der Waals surface area contributed by atoms with Crippen molar-refractivity contribution < 1.29 is 5.11 Å². The number of anilines is 1. The van der Waals surface area contributed by atoms with E-state index in [0.29, 0.717) is 11.4 Å². The van der Waals surface area contributed by atoms with E-state index in [4.69, 9.17) is 5.84 Å². The fourth-order valence-electron chi connectivity index (χ4n) is 1.44. The Balaban J connectivity index is 2.28. The summed E-state index contributed by atoms with van der Waals surface area (Å²) in [7, 11) is 0. The van der Waals surface area contributed by atoms with Crippen molar-refractivity contribution in [1.29, 1.82) is 0 Å². The number of para-hydroxylation sites is 2. The van der Waals surface area contributed by atoms with Crippen molar-refractivity contribution in [2.24, 2.45) is 10.9 Å². The Morgan fingerprint density at radius 1 is 1.18 bits per heavy atom. The molecule has 0 fully saturated rings. The zero-order valence-electron chi connectivity index (χ0n) is 9.24. The van der Waals surface area contributed by atoms with E-state index in [9.17, 15) is 5.11 Å². The van der Waals surface area contributed by atoms with Crippen LogP contribution in [0, 0.1) is 0 Å². The minimum atomic E-state index is 0.0836. The van der Waals surface area contributed by atoms with Gasteiger partial charge in [0.05, 0.1) is 5.71 Å². The van der Waals surface area contributed by atoms with Crippen molar-refractivity contribution in [3.05, 3.63) is 60.7 Å². The Kier molecular flexibility index (Phi) is 3.07. The molecule has 0 heterocycles. The number of hydrazine groups is 1. The lowest BCUT2D eigenvalue weighted by molar-refractivity contribution is 0.474. The van der Waals surface area contributed by atoms with Crippen molar-refractivity contribution in [3.63, 3.8) is 0 Å². The summed E-state index contributed by atoms with van der Waals surface area (Å²) in [4.78, 5) is 0. The zero-order valence-corrected chi connectivity index (χ0v) is 9.24. The highest BCUT2D eigenvalue weighted by Gasteiger charge is 2.08. The van der Waals surface area contributed by atoms with Gasteiger partial charge in [0.2, 0.25) is 0 Å². The second kappa shape index (κ2) is 4.67. The highest BCUT2D eigenvalue weighted by molar-refractivity contribution is 6.11. The molecule has 0 saturated heterocycles. The Morgan fingerprint density at radius 2 is 1.88 bits per heavy atom. The van der Waals surface area contributed by atoms with Gasteiger partial charge in [-0.15, -0.1) is 0 Å². The summed E-state index contributed by atoms with van der Waals surface area (Å²) in [5, 5.41) is 14.9. The second-order valence-electron chi connectivity index (χ2n) is 3.56. The molecule has 4 heteroatoms. The van der Waals surface area contributed by atoms with Crippen molar-refractivity contribution >= 4 is 11.4 Å². The molecule has 1 aromatic rings. The molecular weight excluding hydrogens is 214 g/mol. The Morgan fingerprint density at radius 3 is 2.59 bits per heavy atom. The zero-order chi connectivity index (χ0) is 12.3. The molecule has 0 atom stereocenters. The van der Waals surface area contributed by atoms with Gasteiger partial charge in [-0.2, -0.15) is 10.2 Å². The standard InChI is InChI=1S/C13H13N3O/c1-10-6-2-3-7-11(10)15-16(14)12-8-4-5-9-13(12)17/h2-9,17H,1,14H2/b15-11-. The molecule has 0 saturated carbocycles. The first-order valence-electron chi connectivity index (χ1n) is 5.14. The van der Waals surface area contributed by atoms with Crippen molar-refractivity contribution in [2.75, 3.05) is 5.12 Å². The number of allylic oxidation sites excluding steroid dienone is 5. The van der Waals surface area contributed by atoms with Gasteiger partial charge in [0.15, 0.2) is 0 Å². The van der Waals surface area contributed by atoms with Gasteiger partial charge in [-0.3, -0.25) is 0 Å². The molecule has 1 aromatic carbocycles.